The van der Waals surface area contributed by atoms with Gasteiger partial charge in [-0.25, -0.2) is 0 Å². The molecule has 0 bridgehead atoms. The van der Waals surface area contributed by atoms with Crippen LogP contribution in [0.1, 0.15) is 18.1 Å². The van der Waals surface area contributed by atoms with Gasteiger partial charge in [0.25, 0.3) is 0 Å². The predicted octanol–water partition coefficient (Wildman–Crippen LogP) is 5.92. The first-order valence-corrected chi connectivity index (χ1v) is 9.24. The second-order valence-electron chi connectivity index (χ2n) is 5.20. The van der Waals surface area contributed by atoms with Crippen LogP contribution in [0.5, 0.6) is 11.5 Å². The summed E-state index contributed by atoms with van der Waals surface area (Å²) in [6.07, 6.45) is 0.839. The smallest absolute Gasteiger partial charge is 0.174 e. The first kappa shape index (κ1) is 22.4. The molecule has 2 aromatic carbocycles. The predicted molar refractivity (Wildman–Crippen MR) is 111 cm³/mol. The molecule has 1 N–H and O–H groups in total. The lowest BCUT2D eigenvalue weighted by Gasteiger charge is -2.14. The molecule has 0 saturated heterocycles. The Morgan fingerprint density at radius 2 is 1.92 bits per heavy atom. The Kier molecular flexibility index (Phi) is 9.98. The van der Waals surface area contributed by atoms with E-state index in [-0.39, 0.29) is 12.4 Å². The molecule has 0 heterocycles. The van der Waals surface area contributed by atoms with Crippen LogP contribution in [0.25, 0.3) is 0 Å². The number of hydrogen-bond acceptors (Lipinski definition) is 3. The lowest BCUT2D eigenvalue weighted by atomic mass is 10.1. The number of methoxy groups -OCH3 is 1. The molecule has 0 aromatic heterocycles. The van der Waals surface area contributed by atoms with Crippen molar-refractivity contribution in [1.82, 2.24) is 5.32 Å². The van der Waals surface area contributed by atoms with Crippen molar-refractivity contribution in [3.05, 3.63) is 56.0 Å². The van der Waals surface area contributed by atoms with Gasteiger partial charge in [0.05, 0.1) is 18.2 Å². The maximum absolute atomic E-state index is 6.19. The topological polar surface area (TPSA) is 30.5 Å². The van der Waals surface area contributed by atoms with Crippen LogP contribution in [0.15, 0.2) is 34.8 Å². The van der Waals surface area contributed by atoms with Gasteiger partial charge in [0.15, 0.2) is 11.5 Å². The number of rotatable bonds is 8. The number of halogens is 4. The second kappa shape index (κ2) is 11.1. The van der Waals surface area contributed by atoms with Gasteiger partial charge in [-0.2, -0.15) is 0 Å². The van der Waals surface area contributed by atoms with Crippen LogP contribution >= 0.6 is 51.5 Å². The first-order chi connectivity index (χ1) is 11.5. The number of benzene rings is 2. The van der Waals surface area contributed by atoms with E-state index in [2.05, 4.69) is 21.2 Å². The van der Waals surface area contributed by atoms with Crippen molar-refractivity contribution < 1.29 is 9.47 Å². The van der Waals surface area contributed by atoms with Gasteiger partial charge in [-0.15, -0.1) is 12.4 Å². The molecule has 0 spiro atoms. The molecule has 25 heavy (non-hydrogen) atoms. The summed E-state index contributed by atoms with van der Waals surface area (Å²) in [6.45, 7) is 4.09. The van der Waals surface area contributed by atoms with Crippen LogP contribution in [0.4, 0.5) is 0 Å². The van der Waals surface area contributed by atoms with E-state index in [1.165, 1.54) is 0 Å². The van der Waals surface area contributed by atoms with Crippen molar-refractivity contribution >= 4 is 51.5 Å². The summed E-state index contributed by atoms with van der Waals surface area (Å²) in [4.78, 5) is 0. The molecule has 0 amide bonds. The van der Waals surface area contributed by atoms with Gasteiger partial charge in [-0.05, 0) is 71.2 Å². The highest BCUT2D eigenvalue weighted by Crippen LogP contribution is 2.36. The molecule has 2 aromatic rings. The maximum Gasteiger partial charge on any atom is 0.174 e. The molecule has 3 nitrogen and oxygen atoms in total. The number of hydrogen-bond donors (Lipinski definition) is 1. The molecule has 0 atom stereocenters. The largest absolute Gasteiger partial charge is 0.492 e. The van der Waals surface area contributed by atoms with E-state index < -0.39 is 0 Å². The van der Waals surface area contributed by atoms with Crippen LogP contribution in [0, 0.1) is 0 Å². The lowest BCUT2D eigenvalue weighted by Crippen LogP contribution is -2.17. The quantitative estimate of drug-likeness (QED) is 0.487. The third kappa shape index (κ3) is 6.54. The van der Waals surface area contributed by atoms with Gasteiger partial charge in [0.1, 0.15) is 0 Å². The first-order valence-electron chi connectivity index (χ1n) is 7.69. The maximum atomic E-state index is 6.19. The summed E-state index contributed by atoms with van der Waals surface area (Å²) in [5, 5.41) is 4.78. The molecule has 0 aliphatic heterocycles. The SMILES string of the molecule is CCOc1cc(CNCCc2ccc(Cl)cc2Cl)cc(Br)c1OC.Cl. The molecule has 0 saturated carbocycles. The summed E-state index contributed by atoms with van der Waals surface area (Å²) >= 11 is 15.6. The van der Waals surface area contributed by atoms with E-state index in [1.54, 1.807) is 13.2 Å². The van der Waals surface area contributed by atoms with Crippen molar-refractivity contribution in [2.24, 2.45) is 0 Å². The zero-order chi connectivity index (χ0) is 17.5. The average molecular weight is 470 g/mol. The standard InChI is InChI=1S/C18H20BrCl2NO2.ClH/c1-3-24-17-9-12(8-15(19)18(17)23-2)11-22-7-6-13-4-5-14(20)10-16(13)21;/h4-5,8-10,22H,3,6-7,11H2,1-2H3;1H. The second-order valence-corrected chi connectivity index (χ2v) is 6.90. The van der Waals surface area contributed by atoms with E-state index >= 15 is 0 Å². The third-order valence-corrected chi connectivity index (χ3v) is 4.66. The molecule has 0 unspecified atom stereocenters. The van der Waals surface area contributed by atoms with Crippen LogP contribution in [-0.2, 0) is 13.0 Å². The van der Waals surface area contributed by atoms with Gasteiger partial charge in [-0.1, -0.05) is 29.3 Å². The highest BCUT2D eigenvalue weighted by Gasteiger charge is 2.11. The highest BCUT2D eigenvalue weighted by atomic mass is 79.9. The van der Waals surface area contributed by atoms with Gasteiger partial charge >= 0.3 is 0 Å². The van der Waals surface area contributed by atoms with Crippen LogP contribution < -0.4 is 14.8 Å². The zero-order valence-corrected chi connectivity index (χ0v) is 18.0. The van der Waals surface area contributed by atoms with E-state index in [0.717, 1.165) is 40.9 Å². The Morgan fingerprint density at radius 3 is 2.56 bits per heavy atom. The minimum Gasteiger partial charge on any atom is -0.492 e. The summed E-state index contributed by atoms with van der Waals surface area (Å²) in [5.74, 6) is 1.46. The number of nitrogens with one attached hydrogen (secondary N) is 1. The Hall–Kier alpha value is -0.650. The molecular weight excluding hydrogens is 448 g/mol. The van der Waals surface area contributed by atoms with Crippen LogP contribution in [-0.4, -0.2) is 20.3 Å². The average Bonchev–Trinajstić information content (AvgIpc) is 2.53. The van der Waals surface area contributed by atoms with Crippen LogP contribution in [0.3, 0.4) is 0 Å². The fourth-order valence-electron chi connectivity index (χ4n) is 2.36. The number of ether oxygens (including phenoxy) is 2. The Labute approximate surface area is 173 Å². The fourth-order valence-corrected chi connectivity index (χ4v) is 3.52. The summed E-state index contributed by atoms with van der Waals surface area (Å²) in [6, 6.07) is 9.62. The Bertz CT molecular complexity index is 698. The minimum absolute atomic E-state index is 0. The van der Waals surface area contributed by atoms with Gasteiger partial charge in [0.2, 0.25) is 0 Å². The highest BCUT2D eigenvalue weighted by molar-refractivity contribution is 9.10. The van der Waals surface area contributed by atoms with E-state index in [1.807, 2.05) is 31.2 Å². The zero-order valence-electron chi connectivity index (χ0n) is 14.1. The van der Waals surface area contributed by atoms with Gasteiger partial charge in [0, 0.05) is 16.6 Å². The van der Waals surface area contributed by atoms with Crippen LogP contribution in [0.2, 0.25) is 10.0 Å². The molecule has 0 aliphatic rings. The van der Waals surface area contributed by atoms with Crippen molar-refractivity contribution in [1.29, 1.82) is 0 Å². The molecule has 7 heteroatoms. The Balaban J connectivity index is 0.00000312. The third-order valence-electron chi connectivity index (χ3n) is 3.49. The molecule has 0 fully saturated rings. The van der Waals surface area contributed by atoms with Gasteiger partial charge < -0.3 is 14.8 Å². The molecule has 0 radical (unpaired) electrons. The molecule has 138 valence electrons. The summed E-state index contributed by atoms with van der Waals surface area (Å²) < 4.78 is 11.9. The summed E-state index contributed by atoms with van der Waals surface area (Å²) in [7, 11) is 1.64. The van der Waals surface area contributed by atoms with Crippen molar-refractivity contribution in [2.75, 3.05) is 20.3 Å². The summed E-state index contributed by atoms with van der Waals surface area (Å²) in [5.41, 5.74) is 2.20. The van der Waals surface area contributed by atoms with Gasteiger partial charge in [-0.3, -0.25) is 0 Å². The van der Waals surface area contributed by atoms with Crippen molar-refractivity contribution in [3.8, 4) is 11.5 Å². The normalized spacial score (nSPS) is 10.3. The van der Waals surface area contributed by atoms with Crippen molar-refractivity contribution in [2.45, 2.75) is 19.9 Å². The molecular formula is C18H21BrCl3NO2. The van der Waals surface area contributed by atoms with E-state index in [0.29, 0.717) is 22.4 Å². The molecule has 2 rings (SSSR count). The van der Waals surface area contributed by atoms with E-state index in [9.17, 15) is 0 Å². The Morgan fingerprint density at radius 1 is 1.16 bits per heavy atom. The molecule has 0 aliphatic carbocycles. The van der Waals surface area contributed by atoms with E-state index in [4.69, 9.17) is 32.7 Å². The van der Waals surface area contributed by atoms with Crippen molar-refractivity contribution in [3.63, 3.8) is 0 Å². The monoisotopic (exact) mass is 467 g/mol. The fraction of sp³-hybridized carbons (Fsp3) is 0.333. The lowest BCUT2D eigenvalue weighted by molar-refractivity contribution is 0.309. The minimum atomic E-state index is 0.